The van der Waals surface area contributed by atoms with E-state index in [2.05, 4.69) is 23.4 Å². The number of rotatable bonds is 6. The quantitative estimate of drug-likeness (QED) is 0.631. The summed E-state index contributed by atoms with van der Waals surface area (Å²) in [6, 6.07) is 16.2. The van der Waals surface area contributed by atoms with Gasteiger partial charge in [-0.05, 0) is 36.5 Å². The third kappa shape index (κ3) is 3.48. The molecule has 5 nitrogen and oxygen atoms in total. The zero-order chi connectivity index (χ0) is 17.9. The molecule has 0 unspecified atom stereocenters. The van der Waals surface area contributed by atoms with Crippen LogP contribution in [0, 0.1) is 5.92 Å². The molecule has 0 spiro atoms. The molecule has 0 bridgehead atoms. The maximum absolute atomic E-state index is 11.6. The van der Waals surface area contributed by atoms with E-state index < -0.39 is 0 Å². The Bertz CT molecular complexity index is 898. The Labute approximate surface area is 152 Å². The van der Waals surface area contributed by atoms with Crippen molar-refractivity contribution >= 4 is 16.9 Å². The summed E-state index contributed by atoms with van der Waals surface area (Å²) in [5.41, 5.74) is 2.57. The molecular weight excluding hydrogens is 328 g/mol. The highest BCUT2D eigenvalue weighted by Gasteiger charge is 2.31. The molecule has 1 aliphatic rings. The van der Waals surface area contributed by atoms with Crippen molar-refractivity contribution in [3.8, 4) is 0 Å². The van der Waals surface area contributed by atoms with E-state index in [1.54, 1.807) is 12.1 Å². The van der Waals surface area contributed by atoms with Gasteiger partial charge < -0.3 is 9.47 Å². The monoisotopic (exact) mass is 350 g/mol. The van der Waals surface area contributed by atoms with Crippen LogP contribution in [-0.2, 0) is 16.1 Å². The molecule has 4 rings (SSSR count). The van der Waals surface area contributed by atoms with E-state index in [1.165, 1.54) is 12.7 Å². The van der Waals surface area contributed by atoms with Crippen LogP contribution in [0.15, 0.2) is 54.7 Å². The minimum absolute atomic E-state index is 0.333. The van der Waals surface area contributed by atoms with Gasteiger partial charge in [0.15, 0.2) is 0 Å². The second-order valence-electron chi connectivity index (χ2n) is 6.87. The number of fused-ring (bicyclic) bond motifs is 1. The summed E-state index contributed by atoms with van der Waals surface area (Å²) in [5.74, 6) is 0.252. The maximum Gasteiger partial charge on any atom is 0.337 e. The van der Waals surface area contributed by atoms with Gasteiger partial charge in [0.1, 0.15) is 0 Å². The fraction of sp³-hybridized carbons (Fsp3) is 0.333. The van der Waals surface area contributed by atoms with Crippen LogP contribution in [0.4, 0.5) is 0 Å². The summed E-state index contributed by atoms with van der Waals surface area (Å²) in [6.45, 7) is 1.46. The van der Waals surface area contributed by atoms with Gasteiger partial charge in [0.25, 0.3) is 0 Å². The van der Waals surface area contributed by atoms with Crippen molar-refractivity contribution in [2.75, 3.05) is 13.7 Å². The lowest BCUT2D eigenvalue weighted by atomic mass is 9.81. The van der Waals surface area contributed by atoms with E-state index in [1.807, 2.05) is 28.9 Å². The Kier molecular flexibility index (Phi) is 4.71. The van der Waals surface area contributed by atoms with Gasteiger partial charge in [-0.15, -0.1) is 0 Å². The van der Waals surface area contributed by atoms with Gasteiger partial charge in [0.05, 0.1) is 30.8 Å². The van der Waals surface area contributed by atoms with Crippen molar-refractivity contribution in [1.82, 2.24) is 9.78 Å². The lowest BCUT2D eigenvalue weighted by Crippen LogP contribution is -2.30. The number of aromatic nitrogens is 2. The smallest absolute Gasteiger partial charge is 0.337 e. The summed E-state index contributed by atoms with van der Waals surface area (Å²) in [5, 5.41) is 5.69. The molecule has 0 radical (unpaired) electrons. The minimum atomic E-state index is -0.333. The summed E-state index contributed by atoms with van der Waals surface area (Å²) >= 11 is 0. The number of hydrogen-bond donors (Lipinski definition) is 0. The lowest BCUT2D eigenvalue weighted by molar-refractivity contribution is 0.0352. The average molecular weight is 350 g/mol. The van der Waals surface area contributed by atoms with E-state index in [-0.39, 0.29) is 5.97 Å². The molecule has 1 aliphatic carbocycles. The van der Waals surface area contributed by atoms with Gasteiger partial charge in [-0.3, -0.25) is 4.68 Å². The zero-order valence-electron chi connectivity index (χ0n) is 14.8. The molecule has 1 fully saturated rings. The van der Waals surface area contributed by atoms with Gasteiger partial charge in [-0.2, -0.15) is 5.10 Å². The van der Waals surface area contributed by atoms with E-state index in [4.69, 9.17) is 9.47 Å². The Morgan fingerprint density at radius 1 is 1.19 bits per heavy atom. The molecule has 0 aliphatic heterocycles. The average Bonchev–Trinajstić information content (AvgIpc) is 3.06. The van der Waals surface area contributed by atoms with E-state index in [0.717, 1.165) is 30.4 Å². The van der Waals surface area contributed by atoms with Crippen LogP contribution in [0.25, 0.3) is 10.9 Å². The number of benzene rings is 2. The first-order valence-corrected chi connectivity index (χ1v) is 8.92. The standard InChI is InChI=1S/C21H22N2O3/c1-25-21(24)17-7-8-18-12-23(22-20(18)11-17)19-9-16(10-19)14-26-13-15-5-3-2-4-6-15/h2-8,11-12,16,19H,9-10,13-14H2,1H3/t16-,19-. The predicted molar refractivity (Wildman–Crippen MR) is 98.9 cm³/mol. The van der Waals surface area contributed by atoms with Crippen LogP contribution in [-0.4, -0.2) is 29.5 Å². The molecule has 134 valence electrons. The molecule has 26 heavy (non-hydrogen) atoms. The van der Waals surface area contributed by atoms with Crippen molar-refractivity contribution in [2.24, 2.45) is 5.92 Å². The highest BCUT2D eigenvalue weighted by Crippen LogP contribution is 2.38. The van der Waals surface area contributed by atoms with Crippen LogP contribution in [0.2, 0.25) is 0 Å². The van der Waals surface area contributed by atoms with Gasteiger partial charge in [0, 0.05) is 18.2 Å². The maximum atomic E-state index is 11.6. The number of ether oxygens (including phenoxy) is 2. The third-order valence-corrected chi connectivity index (χ3v) is 5.00. The van der Waals surface area contributed by atoms with Gasteiger partial charge in [0.2, 0.25) is 0 Å². The van der Waals surface area contributed by atoms with Crippen molar-refractivity contribution in [1.29, 1.82) is 0 Å². The van der Waals surface area contributed by atoms with Crippen molar-refractivity contribution in [3.63, 3.8) is 0 Å². The molecule has 0 N–H and O–H groups in total. The summed E-state index contributed by atoms with van der Waals surface area (Å²) in [6.07, 6.45) is 4.21. The number of esters is 1. The van der Waals surface area contributed by atoms with Crippen molar-refractivity contribution < 1.29 is 14.3 Å². The van der Waals surface area contributed by atoms with Crippen LogP contribution in [0.1, 0.15) is 34.8 Å². The van der Waals surface area contributed by atoms with Gasteiger partial charge >= 0.3 is 5.97 Å². The second-order valence-corrected chi connectivity index (χ2v) is 6.87. The molecule has 5 heteroatoms. The van der Waals surface area contributed by atoms with Crippen molar-refractivity contribution in [3.05, 3.63) is 65.9 Å². The minimum Gasteiger partial charge on any atom is -0.465 e. The molecule has 0 saturated heterocycles. The van der Waals surface area contributed by atoms with E-state index >= 15 is 0 Å². The summed E-state index contributed by atoms with van der Waals surface area (Å²) < 4.78 is 12.6. The molecule has 1 saturated carbocycles. The first kappa shape index (κ1) is 16.8. The molecule has 0 amide bonds. The number of carbonyl (C=O) groups is 1. The fourth-order valence-electron chi connectivity index (χ4n) is 3.44. The number of hydrogen-bond acceptors (Lipinski definition) is 4. The second kappa shape index (κ2) is 7.30. The molecule has 1 aromatic heterocycles. The number of carbonyl (C=O) groups excluding carboxylic acids is 1. The molecular formula is C21H22N2O3. The first-order valence-electron chi connectivity index (χ1n) is 8.92. The first-order chi connectivity index (χ1) is 12.7. The van der Waals surface area contributed by atoms with Crippen LogP contribution in [0.5, 0.6) is 0 Å². The molecule has 3 aromatic rings. The summed E-state index contributed by atoms with van der Waals surface area (Å²) in [7, 11) is 1.39. The summed E-state index contributed by atoms with van der Waals surface area (Å²) in [4.78, 5) is 11.6. The van der Waals surface area contributed by atoms with Gasteiger partial charge in [-0.25, -0.2) is 4.79 Å². The number of methoxy groups -OCH3 is 1. The Morgan fingerprint density at radius 3 is 2.77 bits per heavy atom. The molecule has 2 aromatic carbocycles. The highest BCUT2D eigenvalue weighted by atomic mass is 16.5. The Hall–Kier alpha value is -2.66. The van der Waals surface area contributed by atoms with E-state index in [0.29, 0.717) is 24.1 Å². The largest absolute Gasteiger partial charge is 0.465 e. The third-order valence-electron chi connectivity index (χ3n) is 5.00. The SMILES string of the molecule is COC(=O)c1ccc2cn([C@H]3C[C@H](COCc4ccccc4)C3)nc2c1. The predicted octanol–water partition coefficient (Wildman–Crippen LogP) is 3.99. The number of nitrogens with zero attached hydrogens (tertiary/aromatic N) is 2. The molecule has 1 heterocycles. The van der Waals surface area contributed by atoms with Crippen LogP contribution < -0.4 is 0 Å². The van der Waals surface area contributed by atoms with Crippen LogP contribution in [0.3, 0.4) is 0 Å². The topological polar surface area (TPSA) is 53.4 Å². The lowest BCUT2D eigenvalue weighted by Gasteiger charge is -2.35. The highest BCUT2D eigenvalue weighted by molar-refractivity contribution is 5.94. The van der Waals surface area contributed by atoms with E-state index in [9.17, 15) is 4.79 Å². The Morgan fingerprint density at radius 2 is 2.00 bits per heavy atom. The molecule has 0 atom stereocenters. The van der Waals surface area contributed by atoms with Crippen LogP contribution >= 0.6 is 0 Å². The van der Waals surface area contributed by atoms with Crippen molar-refractivity contribution in [2.45, 2.75) is 25.5 Å². The normalized spacial score (nSPS) is 19.3. The zero-order valence-corrected chi connectivity index (χ0v) is 14.8. The fourth-order valence-corrected chi connectivity index (χ4v) is 3.44. The van der Waals surface area contributed by atoms with Gasteiger partial charge in [-0.1, -0.05) is 36.4 Å². The Balaban J connectivity index is 1.31.